The Morgan fingerprint density at radius 1 is 1.13 bits per heavy atom. The van der Waals surface area contributed by atoms with Gasteiger partial charge in [-0.05, 0) is 54.8 Å². The third kappa shape index (κ3) is 6.12. The molecule has 0 bridgehead atoms. The van der Waals surface area contributed by atoms with Gasteiger partial charge >= 0.3 is 0 Å². The van der Waals surface area contributed by atoms with Crippen molar-refractivity contribution >= 4 is 45.0 Å². The van der Waals surface area contributed by atoms with Gasteiger partial charge in [0.05, 0.1) is 10.6 Å². The minimum atomic E-state index is -3.88. The molecule has 0 aliphatic carbocycles. The van der Waals surface area contributed by atoms with Gasteiger partial charge < -0.3 is 9.80 Å². The molecule has 31 heavy (non-hydrogen) atoms. The molecule has 2 aromatic carbocycles. The quantitative estimate of drug-likeness (QED) is 0.621. The average molecular weight is 486 g/mol. The number of rotatable bonds is 8. The van der Waals surface area contributed by atoms with E-state index in [2.05, 4.69) is 4.72 Å². The van der Waals surface area contributed by atoms with E-state index in [0.29, 0.717) is 49.1 Å². The lowest BCUT2D eigenvalue weighted by atomic mass is 10.2. The van der Waals surface area contributed by atoms with Crippen molar-refractivity contribution in [3.8, 4) is 0 Å². The molecule has 168 valence electrons. The van der Waals surface area contributed by atoms with Crippen LogP contribution in [-0.4, -0.2) is 63.5 Å². The zero-order chi connectivity index (χ0) is 22.4. The lowest BCUT2D eigenvalue weighted by molar-refractivity contribution is -0.133. The summed E-state index contributed by atoms with van der Waals surface area (Å²) in [6.07, 6.45) is 2.28. The number of para-hydroxylation sites is 1. The number of carbonyl (C=O) groups excluding carboxylic acids is 1. The van der Waals surface area contributed by atoms with E-state index >= 15 is 0 Å². The summed E-state index contributed by atoms with van der Waals surface area (Å²) >= 11 is 7.39. The zero-order valence-corrected chi connectivity index (χ0v) is 19.5. The molecule has 0 saturated carbocycles. The highest BCUT2D eigenvalue weighted by atomic mass is 35.5. The van der Waals surface area contributed by atoms with E-state index in [9.17, 15) is 17.6 Å². The number of hydrogen-bond acceptors (Lipinski definition) is 5. The summed E-state index contributed by atoms with van der Waals surface area (Å²) in [5.41, 5.74) is 0.511. The molecule has 1 amide bonds. The molecular weight excluding hydrogens is 461 g/mol. The summed E-state index contributed by atoms with van der Waals surface area (Å²) in [7, 11) is -3.88. The van der Waals surface area contributed by atoms with Crippen molar-refractivity contribution in [1.82, 2.24) is 9.62 Å². The van der Waals surface area contributed by atoms with Crippen LogP contribution in [0.25, 0.3) is 0 Å². The average Bonchev–Trinajstić information content (AvgIpc) is 2.77. The van der Waals surface area contributed by atoms with Crippen LogP contribution in [0.4, 0.5) is 10.1 Å². The maximum Gasteiger partial charge on any atom is 0.241 e. The number of halogens is 2. The fraction of sp³-hybridized carbons (Fsp3) is 0.381. The van der Waals surface area contributed by atoms with Crippen molar-refractivity contribution < 1.29 is 17.6 Å². The molecule has 1 aliphatic heterocycles. The molecule has 1 unspecified atom stereocenters. The van der Waals surface area contributed by atoms with Gasteiger partial charge in [0, 0.05) is 31.2 Å². The Kier molecular flexibility index (Phi) is 8.21. The van der Waals surface area contributed by atoms with Crippen LogP contribution in [0.15, 0.2) is 53.4 Å². The normalized spacial score (nSPS) is 15.7. The van der Waals surface area contributed by atoms with Crippen LogP contribution in [0.1, 0.15) is 6.42 Å². The van der Waals surface area contributed by atoms with E-state index in [1.807, 2.05) is 11.2 Å². The standard InChI is InChI=1S/C21H25ClFN3O3S2/c1-30-15-10-19(24-31(28,29)17-8-6-16(22)7-9-17)21(27)26-13-11-25(12-14-26)20-5-3-2-4-18(20)23/h2-9,19,24H,10-15H2,1H3. The SMILES string of the molecule is CSCCC(NS(=O)(=O)c1ccc(Cl)cc1)C(=O)N1CCN(c2ccccc2F)CC1. The Morgan fingerprint density at radius 3 is 2.39 bits per heavy atom. The van der Waals surface area contributed by atoms with Crippen LogP contribution in [0, 0.1) is 5.82 Å². The fourth-order valence-corrected chi connectivity index (χ4v) is 5.25. The molecule has 1 atom stereocenters. The molecule has 1 aliphatic rings. The van der Waals surface area contributed by atoms with E-state index in [-0.39, 0.29) is 16.6 Å². The second-order valence-corrected chi connectivity index (χ2v) is 10.3. The molecule has 6 nitrogen and oxygen atoms in total. The third-order valence-corrected chi connectivity index (χ3v) is 7.50. The second-order valence-electron chi connectivity index (χ2n) is 7.17. The first-order chi connectivity index (χ1) is 14.8. The molecule has 2 aromatic rings. The molecular formula is C21H25ClFN3O3S2. The fourth-order valence-electron chi connectivity index (χ4n) is 3.43. The molecule has 1 fully saturated rings. The van der Waals surface area contributed by atoms with E-state index in [1.54, 1.807) is 34.9 Å². The summed E-state index contributed by atoms with van der Waals surface area (Å²) in [6.45, 7) is 1.74. The van der Waals surface area contributed by atoms with Crippen LogP contribution in [-0.2, 0) is 14.8 Å². The maximum absolute atomic E-state index is 14.1. The Morgan fingerprint density at radius 2 is 1.77 bits per heavy atom. The summed E-state index contributed by atoms with van der Waals surface area (Å²) < 4.78 is 42.2. The van der Waals surface area contributed by atoms with Crippen LogP contribution >= 0.6 is 23.4 Å². The zero-order valence-electron chi connectivity index (χ0n) is 17.1. The number of hydrogen-bond donors (Lipinski definition) is 1. The first-order valence-corrected chi connectivity index (χ1v) is 13.1. The highest BCUT2D eigenvalue weighted by Gasteiger charge is 2.31. The Labute approximate surface area is 191 Å². The maximum atomic E-state index is 14.1. The topological polar surface area (TPSA) is 69.7 Å². The smallest absolute Gasteiger partial charge is 0.241 e. The Hall–Kier alpha value is -1.81. The molecule has 1 N–H and O–H groups in total. The number of carbonyl (C=O) groups is 1. The van der Waals surface area contributed by atoms with Crippen LogP contribution in [0.5, 0.6) is 0 Å². The van der Waals surface area contributed by atoms with Crippen molar-refractivity contribution in [2.24, 2.45) is 0 Å². The Balaban J connectivity index is 1.69. The number of nitrogens with zero attached hydrogens (tertiary/aromatic N) is 2. The molecule has 10 heteroatoms. The monoisotopic (exact) mass is 485 g/mol. The van der Waals surface area contributed by atoms with Gasteiger partial charge in [0.1, 0.15) is 11.9 Å². The van der Waals surface area contributed by atoms with Gasteiger partial charge in [-0.25, -0.2) is 12.8 Å². The van der Waals surface area contributed by atoms with Crippen molar-refractivity contribution in [2.45, 2.75) is 17.4 Å². The Bertz CT molecular complexity index is 997. The van der Waals surface area contributed by atoms with Gasteiger partial charge in [-0.2, -0.15) is 16.5 Å². The summed E-state index contributed by atoms with van der Waals surface area (Å²) in [5, 5.41) is 0.432. The van der Waals surface area contributed by atoms with Crippen molar-refractivity contribution in [3.05, 3.63) is 59.4 Å². The van der Waals surface area contributed by atoms with Crippen LogP contribution in [0.3, 0.4) is 0 Å². The molecule has 1 heterocycles. The van der Waals surface area contributed by atoms with Gasteiger partial charge in [0.25, 0.3) is 0 Å². The highest BCUT2D eigenvalue weighted by Crippen LogP contribution is 2.21. The number of amides is 1. The molecule has 0 aromatic heterocycles. The van der Waals surface area contributed by atoms with Crippen LogP contribution < -0.4 is 9.62 Å². The van der Waals surface area contributed by atoms with E-state index in [4.69, 9.17) is 11.6 Å². The lowest BCUT2D eigenvalue weighted by Gasteiger charge is -2.37. The van der Waals surface area contributed by atoms with Crippen LogP contribution in [0.2, 0.25) is 5.02 Å². The van der Waals surface area contributed by atoms with Crippen molar-refractivity contribution in [2.75, 3.05) is 43.1 Å². The van der Waals surface area contributed by atoms with Gasteiger partial charge in [0.2, 0.25) is 15.9 Å². The van der Waals surface area contributed by atoms with E-state index in [1.165, 1.54) is 30.3 Å². The largest absolute Gasteiger partial charge is 0.366 e. The number of nitrogens with one attached hydrogen (secondary N) is 1. The van der Waals surface area contributed by atoms with E-state index in [0.717, 1.165) is 0 Å². The third-order valence-electron chi connectivity index (χ3n) is 5.11. The molecule has 1 saturated heterocycles. The highest BCUT2D eigenvalue weighted by molar-refractivity contribution is 7.98. The van der Waals surface area contributed by atoms with Gasteiger partial charge in [-0.1, -0.05) is 23.7 Å². The number of sulfonamides is 1. The van der Waals surface area contributed by atoms with Crippen molar-refractivity contribution in [1.29, 1.82) is 0 Å². The van der Waals surface area contributed by atoms with Gasteiger partial charge in [-0.3, -0.25) is 4.79 Å². The predicted octanol–water partition coefficient (Wildman–Crippen LogP) is 3.23. The number of anilines is 1. The number of piperazine rings is 1. The predicted molar refractivity (Wildman–Crippen MR) is 124 cm³/mol. The first kappa shape index (κ1) is 23.8. The number of benzene rings is 2. The van der Waals surface area contributed by atoms with Gasteiger partial charge in [-0.15, -0.1) is 0 Å². The lowest BCUT2D eigenvalue weighted by Crippen LogP contribution is -2.55. The summed E-state index contributed by atoms with van der Waals surface area (Å²) in [5.74, 6) is 0.0741. The summed E-state index contributed by atoms with van der Waals surface area (Å²) in [6, 6.07) is 11.5. The van der Waals surface area contributed by atoms with E-state index < -0.39 is 16.1 Å². The summed E-state index contributed by atoms with van der Waals surface area (Å²) in [4.78, 5) is 16.8. The van der Waals surface area contributed by atoms with Crippen molar-refractivity contribution in [3.63, 3.8) is 0 Å². The minimum Gasteiger partial charge on any atom is -0.366 e. The first-order valence-electron chi connectivity index (χ1n) is 9.87. The minimum absolute atomic E-state index is 0.0585. The molecule has 3 rings (SSSR count). The number of thioether (sulfide) groups is 1. The molecule has 0 spiro atoms. The molecule has 0 radical (unpaired) electrons. The second kappa shape index (κ2) is 10.7. The van der Waals surface area contributed by atoms with Gasteiger partial charge in [0.15, 0.2) is 0 Å².